The highest BCUT2D eigenvalue weighted by molar-refractivity contribution is 9.11. The summed E-state index contributed by atoms with van der Waals surface area (Å²) in [5, 5.41) is 0. The molecular formula is C21H33BrO. The predicted molar refractivity (Wildman–Crippen MR) is 102 cm³/mol. The minimum Gasteiger partial charge on any atom is -0.372 e. The summed E-state index contributed by atoms with van der Waals surface area (Å²) < 4.78 is 7.99. The fraction of sp³-hybridized carbons (Fsp3) is 0.810. The van der Waals surface area contributed by atoms with Gasteiger partial charge >= 0.3 is 0 Å². The summed E-state index contributed by atoms with van der Waals surface area (Å²) in [6.45, 7) is 9.10. The van der Waals surface area contributed by atoms with E-state index in [-0.39, 0.29) is 5.60 Å². The van der Waals surface area contributed by atoms with Gasteiger partial charge in [-0.25, -0.2) is 0 Å². The van der Waals surface area contributed by atoms with E-state index in [1.807, 2.05) is 0 Å². The largest absolute Gasteiger partial charge is 0.372 e. The Morgan fingerprint density at radius 3 is 2.52 bits per heavy atom. The lowest BCUT2D eigenvalue weighted by atomic mass is 9.59. The molecule has 1 fully saturated rings. The Labute approximate surface area is 151 Å². The highest BCUT2D eigenvalue weighted by Gasteiger charge is 2.46. The summed E-state index contributed by atoms with van der Waals surface area (Å²) in [6, 6.07) is 0. The molecule has 0 heterocycles. The van der Waals surface area contributed by atoms with Gasteiger partial charge in [0.2, 0.25) is 0 Å². The van der Waals surface area contributed by atoms with Crippen LogP contribution < -0.4 is 0 Å². The molecule has 0 aromatic carbocycles. The average molecular weight is 381 g/mol. The maximum Gasteiger partial charge on any atom is 0.0641 e. The molecule has 3 aliphatic carbocycles. The molecule has 3 aliphatic rings. The van der Waals surface area contributed by atoms with Crippen LogP contribution in [-0.4, -0.2) is 11.7 Å². The number of halogens is 1. The zero-order valence-electron chi connectivity index (χ0n) is 15.4. The molecule has 0 amide bonds. The summed E-state index contributed by atoms with van der Waals surface area (Å²) in [5.74, 6) is 0.696. The van der Waals surface area contributed by atoms with E-state index < -0.39 is 0 Å². The summed E-state index contributed by atoms with van der Waals surface area (Å²) in [5.41, 5.74) is 3.58. The Bertz CT molecular complexity index is 510. The second kappa shape index (κ2) is 6.67. The lowest BCUT2D eigenvalue weighted by Gasteiger charge is -2.51. The quantitative estimate of drug-likeness (QED) is 0.504. The molecule has 2 heteroatoms. The summed E-state index contributed by atoms with van der Waals surface area (Å²) in [7, 11) is 0. The molecule has 1 saturated carbocycles. The van der Waals surface area contributed by atoms with Crippen LogP contribution in [0.15, 0.2) is 21.7 Å². The Morgan fingerprint density at radius 2 is 1.83 bits per heavy atom. The fourth-order valence-corrected chi connectivity index (χ4v) is 5.58. The lowest BCUT2D eigenvalue weighted by Crippen LogP contribution is -2.48. The van der Waals surface area contributed by atoms with Crippen LogP contribution >= 0.6 is 15.9 Å². The predicted octanol–water partition coefficient (Wildman–Crippen LogP) is 6.92. The number of rotatable bonds is 2. The van der Waals surface area contributed by atoms with Crippen molar-refractivity contribution in [3.05, 3.63) is 21.7 Å². The van der Waals surface area contributed by atoms with Crippen molar-refractivity contribution in [2.75, 3.05) is 0 Å². The van der Waals surface area contributed by atoms with Crippen molar-refractivity contribution >= 4 is 15.9 Å². The molecule has 1 nitrogen and oxygen atoms in total. The van der Waals surface area contributed by atoms with Crippen molar-refractivity contribution in [1.29, 1.82) is 0 Å². The Morgan fingerprint density at radius 1 is 1.09 bits per heavy atom. The molecule has 0 N–H and O–H groups in total. The summed E-state index contributed by atoms with van der Waals surface area (Å²) in [4.78, 5) is 0. The molecule has 3 atom stereocenters. The fourth-order valence-electron chi connectivity index (χ4n) is 4.85. The van der Waals surface area contributed by atoms with Crippen LogP contribution in [0.1, 0.15) is 85.5 Å². The van der Waals surface area contributed by atoms with Gasteiger partial charge in [0.1, 0.15) is 0 Å². The smallest absolute Gasteiger partial charge is 0.0641 e. The molecule has 0 bridgehead atoms. The van der Waals surface area contributed by atoms with Crippen LogP contribution in [0.5, 0.6) is 0 Å². The first-order valence-corrected chi connectivity index (χ1v) is 10.4. The van der Waals surface area contributed by atoms with Crippen molar-refractivity contribution in [1.82, 2.24) is 0 Å². The van der Waals surface area contributed by atoms with E-state index in [9.17, 15) is 0 Å². The minimum atomic E-state index is -0.0333. The van der Waals surface area contributed by atoms with Gasteiger partial charge in [-0.2, -0.15) is 0 Å². The number of ether oxygens (including phenoxy) is 1. The van der Waals surface area contributed by atoms with Gasteiger partial charge in [-0.15, -0.1) is 0 Å². The number of allylic oxidation sites excluding steroid dienone is 4. The summed E-state index contributed by atoms with van der Waals surface area (Å²) in [6.07, 6.45) is 14.7. The maximum atomic E-state index is 6.50. The van der Waals surface area contributed by atoms with Gasteiger partial charge in [0, 0.05) is 5.41 Å². The third-order valence-electron chi connectivity index (χ3n) is 6.18. The average Bonchev–Trinajstić information content (AvgIpc) is 2.47. The molecular weight excluding hydrogens is 348 g/mol. The first-order chi connectivity index (χ1) is 10.8. The second-order valence-electron chi connectivity index (χ2n) is 9.04. The molecule has 130 valence electrons. The third kappa shape index (κ3) is 3.79. The molecule has 0 unspecified atom stereocenters. The Hall–Kier alpha value is -0.0800. The maximum absolute atomic E-state index is 6.50. The number of hydrogen-bond acceptors (Lipinski definition) is 1. The molecule has 0 saturated heterocycles. The van der Waals surface area contributed by atoms with E-state index >= 15 is 0 Å². The molecule has 0 spiro atoms. The zero-order valence-corrected chi connectivity index (χ0v) is 17.0. The Balaban J connectivity index is 1.83. The van der Waals surface area contributed by atoms with Gasteiger partial charge in [0.05, 0.1) is 11.7 Å². The van der Waals surface area contributed by atoms with Crippen molar-refractivity contribution in [3.63, 3.8) is 0 Å². The topological polar surface area (TPSA) is 9.23 Å². The van der Waals surface area contributed by atoms with E-state index in [0.29, 0.717) is 17.4 Å². The van der Waals surface area contributed by atoms with Gasteiger partial charge in [0.25, 0.3) is 0 Å². The first-order valence-electron chi connectivity index (χ1n) is 9.56. The van der Waals surface area contributed by atoms with E-state index in [2.05, 4.69) is 49.7 Å². The highest BCUT2D eigenvalue weighted by Crippen LogP contribution is 2.53. The zero-order chi connectivity index (χ0) is 16.7. The SMILES string of the molecule is CC(C)(C)O[C@H]1CCC[C@H]2C=C(C3=C(Br)CCCC3)CC[C@@]21C. The van der Waals surface area contributed by atoms with Gasteiger partial charge < -0.3 is 4.74 Å². The molecule has 0 radical (unpaired) electrons. The van der Waals surface area contributed by atoms with Crippen LogP contribution in [0.4, 0.5) is 0 Å². The molecule has 3 rings (SSSR count). The Kier molecular flexibility index (Phi) is 5.14. The highest BCUT2D eigenvalue weighted by atomic mass is 79.9. The molecule has 0 aliphatic heterocycles. The van der Waals surface area contributed by atoms with Crippen molar-refractivity contribution in [3.8, 4) is 0 Å². The van der Waals surface area contributed by atoms with Gasteiger partial charge in [-0.1, -0.05) is 35.4 Å². The van der Waals surface area contributed by atoms with Gasteiger partial charge in [-0.3, -0.25) is 0 Å². The molecule has 23 heavy (non-hydrogen) atoms. The minimum absolute atomic E-state index is 0.0333. The van der Waals surface area contributed by atoms with E-state index in [0.717, 1.165) is 0 Å². The summed E-state index contributed by atoms with van der Waals surface area (Å²) >= 11 is 3.86. The van der Waals surface area contributed by atoms with Crippen LogP contribution in [-0.2, 0) is 4.74 Å². The normalized spacial score (nSPS) is 35.8. The van der Waals surface area contributed by atoms with Crippen molar-refractivity contribution < 1.29 is 4.74 Å². The van der Waals surface area contributed by atoms with Crippen molar-refractivity contribution in [2.45, 2.75) is 97.2 Å². The second-order valence-corrected chi connectivity index (χ2v) is 10.0. The molecule has 0 aromatic rings. The van der Waals surface area contributed by atoms with Gasteiger partial charge in [-0.05, 0) is 93.7 Å². The third-order valence-corrected chi connectivity index (χ3v) is 7.06. The van der Waals surface area contributed by atoms with Crippen LogP contribution in [0.3, 0.4) is 0 Å². The van der Waals surface area contributed by atoms with Crippen LogP contribution in [0.2, 0.25) is 0 Å². The lowest BCUT2D eigenvalue weighted by molar-refractivity contribution is -0.146. The van der Waals surface area contributed by atoms with E-state index in [1.165, 1.54) is 62.3 Å². The van der Waals surface area contributed by atoms with Crippen LogP contribution in [0.25, 0.3) is 0 Å². The van der Waals surface area contributed by atoms with Crippen molar-refractivity contribution in [2.24, 2.45) is 11.3 Å². The van der Waals surface area contributed by atoms with Crippen LogP contribution in [0, 0.1) is 11.3 Å². The monoisotopic (exact) mass is 380 g/mol. The standard InChI is InChI=1S/C21H33BrO/c1-20(2,3)23-19-11-7-8-16-14-15(12-13-21(16,19)4)17-9-5-6-10-18(17)22/h14,16,19H,5-13H2,1-4H3/t16-,19-,21-/m0/s1. The van der Waals surface area contributed by atoms with E-state index in [1.54, 1.807) is 11.1 Å². The number of fused-ring (bicyclic) bond motifs is 1. The van der Waals surface area contributed by atoms with Gasteiger partial charge in [0.15, 0.2) is 0 Å². The van der Waals surface area contributed by atoms with E-state index in [4.69, 9.17) is 4.74 Å². The molecule has 0 aromatic heterocycles. The number of hydrogen-bond donors (Lipinski definition) is 0. The first kappa shape index (κ1) is 17.7.